The minimum atomic E-state index is -4.35. The number of allylic oxidation sites excluding steroid dienone is 15. The van der Waals surface area contributed by atoms with Gasteiger partial charge < -0.3 is 19.8 Å². The molecule has 0 aromatic carbocycles. The number of carbonyl (C=O) groups is 1. The fraction of sp³-hybridized carbons (Fsp3) is 0.702. The van der Waals surface area contributed by atoms with Crippen LogP contribution in [0.25, 0.3) is 0 Å². The van der Waals surface area contributed by atoms with Crippen molar-refractivity contribution in [1.29, 1.82) is 0 Å². The minimum Gasteiger partial charge on any atom is -0.387 e. The van der Waals surface area contributed by atoms with Crippen molar-refractivity contribution in [2.45, 2.75) is 219 Å². The summed E-state index contributed by atoms with van der Waals surface area (Å²) in [7, 11) is 1.54. The second-order valence-electron chi connectivity index (χ2n) is 18.9. The zero-order valence-corrected chi connectivity index (χ0v) is 44.0. The van der Waals surface area contributed by atoms with Gasteiger partial charge in [-0.15, -0.1) is 0 Å². The first-order valence-electron chi connectivity index (χ1n) is 26.6. The number of likely N-dealkylation sites (N-methyl/N-ethyl adjacent to an activating group) is 1. The summed E-state index contributed by atoms with van der Waals surface area (Å²) in [4.78, 5) is 23.2. The lowest BCUT2D eigenvalue weighted by Gasteiger charge is -2.25. The Bertz CT molecular complexity index is 1390. The number of rotatable bonds is 47. The van der Waals surface area contributed by atoms with Gasteiger partial charge in [-0.05, 0) is 83.5 Å². The van der Waals surface area contributed by atoms with E-state index in [1.807, 2.05) is 27.2 Å². The molecule has 380 valence electrons. The van der Waals surface area contributed by atoms with Crippen LogP contribution in [0.2, 0.25) is 0 Å². The summed E-state index contributed by atoms with van der Waals surface area (Å²) >= 11 is 0. The van der Waals surface area contributed by atoms with E-state index < -0.39 is 20.0 Å². The van der Waals surface area contributed by atoms with Gasteiger partial charge in [0.2, 0.25) is 5.91 Å². The highest BCUT2D eigenvalue weighted by atomic mass is 31.2. The van der Waals surface area contributed by atoms with Crippen molar-refractivity contribution in [3.63, 3.8) is 0 Å². The average molecular weight is 942 g/mol. The maximum atomic E-state index is 12.9. The average Bonchev–Trinajstić information content (AvgIpc) is 3.28. The molecule has 66 heavy (non-hydrogen) atoms. The fourth-order valence-corrected chi connectivity index (χ4v) is 7.85. The number of amides is 1. The van der Waals surface area contributed by atoms with E-state index in [2.05, 4.69) is 104 Å². The monoisotopic (exact) mass is 942 g/mol. The predicted octanol–water partition coefficient (Wildman–Crippen LogP) is 15.9. The van der Waals surface area contributed by atoms with Gasteiger partial charge in [-0.3, -0.25) is 13.8 Å². The molecule has 3 unspecified atom stereocenters. The van der Waals surface area contributed by atoms with Gasteiger partial charge in [0.05, 0.1) is 39.9 Å². The molecule has 0 saturated heterocycles. The van der Waals surface area contributed by atoms with Gasteiger partial charge in [-0.1, -0.05) is 214 Å². The maximum absolute atomic E-state index is 12.9. The maximum Gasteiger partial charge on any atom is 0.472 e. The van der Waals surface area contributed by atoms with Crippen molar-refractivity contribution in [3.05, 3.63) is 97.2 Å². The van der Waals surface area contributed by atoms with Crippen LogP contribution < -0.4 is 5.32 Å². The Kier molecular flexibility index (Phi) is 45.6. The molecule has 0 aliphatic heterocycles. The molecule has 9 heteroatoms. The lowest BCUT2D eigenvalue weighted by Crippen LogP contribution is -2.45. The zero-order valence-electron chi connectivity index (χ0n) is 43.1. The van der Waals surface area contributed by atoms with E-state index in [1.165, 1.54) is 109 Å². The van der Waals surface area contributed by atoms with Crippen LogP contribution >= 0.6 is 7.82 Å². The quantitative estimate of drug-likeness (QED) is 0.0243. The summed E-state index contributed by atoms with van der Waals surface area (Å²) in [5.41, 5.74) is 0. The van der Waals surface area contributed by atoms with Crippen molar-refractivity contribution in [2.24, 2.45) is 0 Å². The first kappa shape index (κ1) is 63.4. The molecule has 0 aromatic heterocycles. The van der Waals surface area contributed by atoms with E-state index in [4.69, 9.17) is 9.05 Å². The van der Waals surface area contributed by atoms with Gasteiger partial charge in [0.15, 0.2) is 0 Å². The standard InChI is InChI=1S/C57H101N2O6P/c1-6-8-10-12-14-16-18-20-21-22-23-24-25-26-27-28-29-30-31-32-33-34-35-36-37-39-41-43-45-47-49-51-57(61)58-55(54-65-66(62,63)64-53-52-59(3,4)5)56(60)50-48-46-44-42-40-38-19-17-15-13-11-9-7-2/h8,10,14,16,20-21,23-24,26-27,29-30,40,42,48,50,55-56,60H,6-7,9,11-13,15,17-19,22,25,28,31-39,41,43-47,49,51-54H2,1-5H3,(H-,58,61,62,63)/p+1/b10-8-,16-14-,21-20-,24-23-,27-26-,30-29-,42-40+,50-48+. The highest BCUT2D eigenvalue weighted by Crippen LogP contribution is 2.43. The third-order valence-electron chi connectivity index (χ3n) is 11.3. The normalized spacial score (nSPS) is 14.8. The Morgan fingerprint density at radius 2 is 0.924 bits per heavy atom. The number of nitrogens with zero attached hydrogens (tertiary/aromatic N) is 1. The predicted molar refractivity (Wildman–Crippen MR) is 286 cm³/mol. The molecular formula is C57H102N2O6P+. The number of carbonyl (C=O) groups excluding carboxylic acids is 1. The Morgan fingerprint density at radius 3 is 1.39 bits per heavy atom. The van der Waals surface area contributed by atoms with Gasteiger partial charge in [0.25, 0.3) is 0 Å². The number of hydrogen-bond donors (Lipinski definition) is 3. The largest absolute Gasteiger partial charge is 0.472 e. The van der Waals surface area contributed by atoms with Gasteiger partial charge >= 0.3 is 7.82 Å². The number of aliphatic hydroxyl groups excluding tert-OH is 1. The molecule has 0 aliphatic carbocycles. The number of phosphoric acid groups is 1. The zero-order chi connectivity index (χ0) is 48.5. The van der Waals surface area contributed by atoms with Crippen LogP contribution in [0, 0.1) is 0 Å². The molecule has 8 nitrogen and oxygen atoms in total. The molecular weight excluding hydrogens is 840 g/mol. The number of unbranched alkanes of at least 4 members (excludes halogenated alkanes) is 20. The molecule has 0 bridgehead atoms. The van der Waals surface area contributed by atoms with E-state index in [9.17, 15) is 19.4 Å². The number of phosphoric ester groups is 1. The first-order valence-corrected chi connectivity index (χ1v) is 28.1. The van der Waals surface area contributed by atoms with Crippen LogP contribution in [0.1, 0.15) is 206 Å². The van der Waals surface area contributed by atoms with Gasteiger partial charge in [-0.2, -0.15) is 0 Å². The molecule has 0 aliphatic rings. The molecule has 0 heterocycles. The molecule has 3 N–H and O–H groups in total. The topological polar surface area (TPSA) is 105 Å². The number of aliphatic hydroxyl groups is 1. The fourth-order valence-electron chi connectivity index (χ4n) is 7.12. The Morgan fingerprint density at radius 1 is 0.530 bits per heavy atom. The van der Waals surface area contributed by atoms with Crippen molar-refractivity contribution in [3.8, 4) is 0 Å². The smallest absolute Gasteiger partial charge is 0.387 e. The summed E-state index contributed by atoms with van der Waals surface area (Å²) in [6.45, 7) is 4.65. The Balaban J connectivity index is 4.18. The lowest BCUT2D eigenvalue weighted by atomic mass is 10.0. The van der Waals surface area contributed by atoms with Crippen molar-refractivity contribution in [2.75, 3.05) is 40.9 Å². The van der Waals surface area contributed by atoms with Crippen LogP contribution in [-0.4, -0.2) is 73.4 Å². The summed E-state index contributed by atoms with van der Waals surface area (Å²) in [6, 6.07) is -0.869. The highest BCUT2D eigenvalue weighted by molar-refractivity contribution is 7.47. The Labute approximate surface area is 407 Å². The van der Waals surface area contributed by atoms with Gasteiger partial charge in [0, 0.05) is 6.42 Å². The van der Waals surface area contributed by atoms with Crippen LogP contribution in [0.5, 0.6) is 0 Å². The number of quaternary nitrogens is 1. The van der Waals surface area contributed by atoms with E-state index >= 15 is 0 Å². The molecule has 0 aromatic rings. The summed E-state index contributed by atoms with van der Waals surface area (Å²) < 4.78 is 23.6. The van der Waals surface area contributed by atoms with Crippen molar-refractivity contribution >= 4 is 13.7 Å². The molecule has 3 atom stereocenters. The number of hydrogen-bond acceptors (Lipinski definition) is 5. The first-order chi connectivity index (χ1) is 32.0. The molecule has 0 rings (SSSR count). The minimum absolute atomic E-state index is 0.0517. The number of nitrogens with one attached hydrogen (secondary N) is 1. The van der Waals surface area contributed by atoms with E-state index in [1.54, 1.807) is 6.08 Å². The molecule has 0 saturated carbocycles. The summed E-state index contributed by atoms with van der Waals surface area (Å²) in [5.74, 6) is -0.194. The third kappa shape index (κ3) is 49.3. The van der Waals surface area contributed by atoms with Gasteiger partial charge in [-0.25, -0.2) is 4.57 Å². The molecule has 1 amide bonds. The van der Waals surface area contributed by atoms with Crippen LogP contribution in [-0.2, 0) is 18.4 Å². The molecule has 0 radical (unpaired) electrons. The lowest BCUT2D eigenvalue weighted by molar-refractivity contribution is -0.870. The second-order valence-corrected chi connectivity index (χ2v) is 20.3. The van der Waals surface area contributed by atoms with Crippen LogP contribution in [0.3, 0.4) is 0 Å². The van der Waals surface area contributed by atoms with E-state index in [0.29, 0.717) is 17.4 Å². The summed E-state index contributed by atoms with van der Waals surface area (Å²) in [5, 5.41) is 13.8. The van der Waals surface area contributed by atoms with Crippen LogP contribution in [0.15, 0.2) is 97.2 Å². The SMILES string of the molecule is CC/C=C\C/C=C\C/C=C\C/C=C\C/C=C\C/C=C\CCCCCCCCCCCCCCC(=O)NC(COP(=O)(O)OCC[N+](C)(C)C)C(O)/C=C/CC/C=C/CCCCCCCCC. The van der Waals surface area contributed by atoms with Crippen molar-refractivity contribution < 1.29 is 32.9 Å². The van der Waals surface area contributed by atoms with Gasteiger partial charge in [0.1, 0.15) is 13.2 Å². The molecule has 0 fully saturated rings. The van der Waals surface area contributed by atoms with E-state index in [0.717, 1.165) is 77.0 Å². The molecule has 0 spiro atoms. The third-order valence-corrected chi connectivity index (χ3v) is 12.3. The van der Waals surface area contributed by atoms with Crippen LogP contribution in [0.4, 0.5) is 0 Å². The Hall–Kier alpha value is -2.58. The van der Waals surface area contributed by atoms with Crippen molar-refractivity contribution in [1.82, 2.24) is 5.32 Å². The summed E-state index contributed by atoms with van der Waals surface area (Å²) in [6.07, 6.45) is 67.9. The van der Waals surface area contributed by atoms with E-state index in [-0.39, 0.29) is 19.1 Å². The second kappa shape index (κ2) is 47.5. The highest BCUT2D eigenvalue weighted by Gasteiger charge is 2.27.